The Labute approximate surface area is 158 Å². The normalized spacial score (nSPS) is 11.9. The van der Waals surface area contributed by atoms with E-state index in [1.54, 1.807) is 12.4 Å². The Morgan fingerprint density at radius 3 is 2.44 bits per heavy atom. The highest BCUT2D eigenvalue weighted by molar-refractivity contribution is 6.31. The monoisotopic (exact) mass is 369 g/mol. The van der Waals surface area contributed by atoms with Crippen LogP contribution in [0.2, 0.25) is 5.02 Å². The van der Waals surface area contributed by atoms with Crippen LogP contribution in [0.25, 0.3) is 55.1 Å². The summed E-state index contributed by atoms with van der Waals surface area (Å²) in [6.07, 6.45) is 5.54. The van der Waals surface area contributed by atoms with Crippen molar-refractivity contribution in [2.75, 3.05) is 0 Å². The molecule has 0 aliphatic heterocycles. The second-order valence-electron chi connectivity index (χ2n) is 6.50. The smallest absolute Gasteiger partial charge is 0.140 e. The van der Waals surface area contributed by atoms with Gasteiger partial charge in [-0.1, -0.05) is 11.6 Å². The SMILES string of the molecule is Clc1ccc2[nH]cc(-c3nc4c5cccnc5c5ncccc5c4[nH]3)c2c1. The van der Waals surface area contributed by atoms with E-state index >= 15 is 0 Å². The number of hydrogen-bond acceptors (Lipinski definition) is 3. The molecule has 0 aliphatic carbocycles. The molecule has 0 fully saturated rings. The van der Waals surface area contributed by atoms with Crippen molar-refractivity contribution in [3.05, 3.63) is 66.1 Å². The fourth-order valence-electron chi connectivity index (χ4n) is 3.76. The highest BCUT2D eigenvalue weighted by Crippen LogP contribution is 2.35. The number of fused-ring (bicyclic) bond motifs is 7. The Balaban J connectivity index is 1.76. The van der Waals surface area contributed by atoms with Crippen LogP contribution < -0.4 is 0 Å². The van der Waals surface area contributed by atoms with E-state index in [1.165, 1.54) is 0 Å². The maximum Gasteiger partial charge on any atom is 0.140 e. The number of aromatic amines is 2. The molecule has 6 heteroatoms. The summed E-state index contributed by atoms with van der Waals surface area (Å²) in [5, 5.41) is 3.73. The van der Waals surface area contributed by atoms with Crippen LogP contribution in [-0.2, 0) is 0 Å². The third-order valence-electron chi connectivity index (χ3n) is 4.97. The predicted molar refractivity (Wildman–Crippen MR) is 109 cm³/mol. The average molecular weight is 370 g/mol. The molecule has 0 bridgehead atoms. The summed E-state index contributed by atoms with van der Waals surface area (Å²) in [4.78, 5) is 20.8. The van der Waals surface area contributed by atoms with Gasteiger partial charge in [-0.15, -0.1) is 0 Å². The van der Waals surface area contributed by atoms with Crippen molar-refractivity contribution in [3.63, 3.8) is 0 Å². The molecule has 27 heavy (non-hydrogen) atoms. The highest BCUT2D eigenvalue weighted by atomic mass is 35.5. The fourth-order valence-corrected chi connectivity index (χ4v) is 3.93. The van der Waals surface area contributed by atoms with E-state index in [-0.39, 0.29) is 0 Å². The number of hydrogen-bond donors (Lipinski definition) is 2. The maximum absolute atomic E-state index is 6.21. The van der Waals surface area contributed by atoms with E-state index in [4.69, 9.17) is 16.6 Å². The molecule has 128 valence electrons. The van der Waals surface area contributed by atoms with Crippen LogP contribution in [-0.4, -0.2) is 24.9 Å². The number of halogens is 1. The van der Waals surface area contributed by atoms with Gasteiger partial charge in [-0.25, -0.2) is 4.98 Å². The van der Waals surface area contributed by atoms with Crippen molar-refractivity contribution >= 4 is 55.3 Å². The van der Waals surface area contributed by atoms with Gasteiger partial charge in [0.05, 0.1) is 22.1 Å². The van der Waals surface area contributed by atoms with Crippen LogP contribution in [0.1, 0.15) is 0 Å². The van der Waals surface area contributed by atoms with Crippen molar-refractivity contribution in [2.24, 2.45) is 0 Å². The zero-order valence-electron chi connectivity index (χ0n) is 14.0. The molecule has 6 aromatic rings. The standard InChI is InChI=1S/C21H12ClN5/c22-11-5-6-16-14(9-11)15(10-25-16)21-26-19-12-3-1-7-23-17(12)18-13(20(19)27-21)4-2-8-24-18/h1-10,25H,(H,26,27). The molecule has 0 amide bonds. The van der Waals surface area contributed by atoms with Crippen molar-refractivity contribution in [1.29, 1.82) is 0 Å². The minimum atomic E-state index is 0.698. The second kappa shape index (κ2) is 5.28. The minimum Gasteiger partial charge on any atom is -0.360 e. The zero-order valence-corrected chi connectivity index (χ0v) is 14.7. The molecule has 0 unspecified atom stereocenters. The lowest BCUT2D eigenvalue weighted by atomic mass is 10.1. The molecule has 0 aliphatic rings. The molecule has 0 saturated carbocycles. The van der Waals surface area contributed by atoms with Crippen LogP contribution in [0.15, 0.2) is 61.1 Å². The Bertz CT molecular complexity index is 1420. The van der Waals surface area contributed by atoms with Gasteiger partial charge in [0.2, 0.25) is 0 Å². The summed E-state index contributed by atoms with van der Waals surface area (Å²) in [6.45, 7) is 0. The van der Waals surface area contributed by atoms with Gasteiger partial charge in [0.25, 0.3) is 0 Å². The van der Waals surface area contributed by atoms with Gasteiger partial charge < -0.3 is 9.97 Å². The quantitative estimate of drug-likeness (QED) is 0.378. The third kappa shape index (κ3) is 2.03. The van der Waals surface area contributed by atoms with E-state index in [9.17, 15) is 0 Å². The summed E-state index contributed by atoms with van der Waals surface area (Å²) in [7, 11) is 0. The number of H-pyrrole nitrogens is 2. The number of benzene rings is 2. The summed E-state index contributed by atoms with van der Waals surface area (Å²) in [5.41, 5.74) is 5.60. The first-order valence-electron chi connectivity index (χ1n) is 8.58. The van der Waals surface area contributed by atoms with Gasteiger partial charge in [0.15, 0.2) is 0 Å². The molecule has 0 spiro atoms. The van der Waals surface area contributed by atoms with Crippen molar-refractivity contribution in [1.82, 2.24) is 24.9 Å². The number of nitrogens with zero attached hydrogens (tertiary/aromatic N) is 3. The average Bonchev–Trinajstić information content (AvgIpc) is 3.32. The molecule has 4 aromatic heterocycles. The summed E-state index contributed by atoms with van der Waals surface area (Å²) < 4.78 is 0. The number of nitrogens with one attached hydrogen (secondary N) is 2. The molecule has 0 atom stereocenters. The lowest BCUT2D eigenvalue weighted by Crippen LogP contribution is -1.86. The van der Waals surface area contributed by atoms with Crippen LogP contribution >= 0.6 is 11.6 Å². The number of pyridine rings is 2. The molecular formula is C21H12ClN5. The van der Waals surface area contributed by atoms with E-state index in [1.807, 2.05) is 48.7 Å². The highest BCUT2D eigenvalue weighted by Gasteiger charge is 2.16. The molecule has 6 rings (SSSR count). The molecule has 0 saturated heterocycles. The Morgan fingerprint density at radius 1 is 0.815 bits per heavy atom. The third-order valence-corrected chi connectivity index (χ3v) is 5.20. The Morgan fingerprint density at radius 2 is 1.59 bits per heavy atom. The van der Waals surface area contributed by atoms with Gasteiger partial charge in [-0.05, 0) is 42.5 Å². The van der Waals surface area contributed by atoms with E-state index in [2.05, 4.69) is 19.9 Å². The van der Waals surface area contributed by atoms with Crippen molar-refractivity contribution < 1.29 is 0 Å². The number of rotatable bonds is 1. The number of imidazole rings is 1. The van der Waals surface area contributed by atoms with Gasteiger partial charge in [-0.2, -0.15) is 0 Å². The zero-order chi connectivity index (χ0) is 18.0. The second-order valence-corrected chi connectivity index (χ2v) is 6.94. The Hall–Kier alpha value is -3.44. The van der Waals surface area contributed by atoms with E-state index in [0.29, 0.717) is 5.02 Å². The molecule has 4 heterocycles. The fraction of sp³-hybridized carbons (Fsp3) is 0. The van der Waals surface area contributed by atoms with Gasteiger partial charge in [-0.3, -0.25) is 9.97 Å². The topological polar surface area (TPSA) is 70.2 Å². The first-order chi connectivity index (χ1) is 13.3. The molecule has 5 nitrogen and oxygen atoms in total. The summed E-state index contributed by atoms with van der Waals surface area (Å²) in [6, 6.07) is 13.8. The van der Waals surface area contributed by atoms with E-state index < -0.39 is 0 Å². The van der Waals surface area contributed by atoms with Crippen molar-refractivity contribution in [2.45, 2.75) is 0 Å². The van der Waals surface area contributed by atoms with E-state index in [0.717, 1.165) is 55.1 Å². The molecule has 0 radical (unpaired) electrons. The van der Waals surface area contributed by atoms with Crippen LogP contribution in [0.3, 0.4) is 0 Å². The van der Waals surface area contributed by atoms with Crippen LogP contribution in [0.5, 0.6) is 0 Å². The van der Waals surface area contributed by atoms with Gasteiger partial charge in [0, 0.05) is 50.9 Å². The van der Waals surface area contributed by atoms with Crippen LogP contribution in [0.4, 0.5) is 0 Å². The Kier molecular flexibility index (Phi) is 2.88. The molecular weight excluding hydrogens is 358 g/mol. The van der Waals surface area contributed by atoms with Crippen molar-refractivity contribution in [3.8, 4) is 11.4 Å². The number of aromatic nitrogens is 5. The molecule has 2 N–H and O–H groups in total. The molecule has 2 aromatic carbocycles. The van der Waals surface area contributed by atoms with Gasteiger partial charge in [0.1, 0.15) is 5.82 Å². The minimum absolute atomic E-state index is 0.698. The summed E-state index contributed by atoms with van der Waals surface area (Å²) >= 11 is 6.21. The predicted octanol–water partition coefficient (Wildman–Crippen LogP) is 5.46. The maximum atomic E-state index is 6.21. The first kappa shape index (κ1) is 14.7. The van der Waals surface area contributed by atoms with Gasteiger partial charge >= 0.3 is 0 Å². The summed E-state index contributed by atoms with van der Waals surface area (Å²) in [5.74, 6) is 0.792. The first-order valence-corrected chi connectivity index (χ1v) is 8.95. The van der Waals surface area contributed by atoms with Crippen LogP contribution in [0, 0.1) is 0 Å². The lowest BCUT2D eigenvalue weighted by molar-refractivity contribution is 1.34. The largest absolute Gasteiger partial charge is 0.360 e. The lowest BCUT2D eigenvalue weighted by Gasteiger charge is -2.03.